The third-order valence-corrected chi connectivity index (χ3v) is 2.93. The fourth-order valence-corrected chi connectivity index (χ4v) is 2.18. The van der Waals surface area contributed by atoms with Crippen LogP contribution in [0, 0.1) is 0 Å². The highest BCUT2D eigenvalue weighted by Gasteiger charge is 2.40. The van der Waals surface area contributed by atoms with E-state index in [1.54, 1.807) is 13.8 Å². The molecule has 3 N–H and O–H groups in total. The molecule has 1 aliphatic rings. The van der Waals surface area contributed by atoms with Gasteiger partial charge in [-0.25, -0.2) is 4.98 Å². The Morgan fingerprint density at radius 2 is 2.16 bits per heavy atom. The fraction of sp³-hybridized carbons (Fsp3) is 0.455. The van der Waals surface area contributed by atoms with E-state index in [1.807, 2.05) is 0 Å². The Kier molecular flexibility index (Phi) is 3.57. The van der Waals surface area contributed by atoms with Gasteiger partial charge in [0.2, 0.25) is 11.9 Å². The molecule has 2 rings (SSSR count). The zero-order valence-corrected chi connectivity index (χ0v) is 11.3. The van der Waals surface area contributed by atoms with Crippen LogP contribution in [0.25, 0.3) is 0 Å². The summed E-state index contributed by atoms with van der Waals surface area (Å²) in [5, 5.41) is 3.03. The average molecular weight is 284 g/mol. The van der Waals surface area contributed by atoms with Crippen LogP contribution in [0.2, 0.25) is 5.15 Å². The number of nitrogen functional groups attached to an aromatic ring is 1. The minimum Gasteiger partial charge on any atom is -0.368 e. The predicted octanol–water partition coefficient (Wildman–Crippen LogP) is 0.660. The van der Waals surface area contributed by atoms with Crippen molar-refractivity contribution in [1.29, 1.82) is 0 Å². The topological polar surface area (TPSA) is 101 Å². The third-order valence-electron chi connectivity index (χ3n) is 2.73. The molecule has 1 aliphatic heterocycles. The van der Waals surface area contributed by atoms with Gasteiger partial charge in [-0.2, -0.15) is 4.98 Å². The van der Waals surface area contributed by atoms with Crippen LogP contribution in [0.15, 0.2) is 6.07 Å². The first-order chi connectivity index (χ1) is 8.88. The lowest BCUT2D eigenvalue weighted by molar-refractivity contribution is -0.140. The highest BCUT2D eigenvalue weighted by atomic mass is 35.5. The highest BCUT2D eigenvalue weighted by Crippen LogP contribution is 2.21. The Bertz CT molecular complexity index is 514. The van der Waals surface area contributed by atoms with Crippen molar-refractivity contribution in [3.63, 3.8) is 0 Å². The van der Waals surface area contributed by atoms with Crippen molar-refractivity contribution in [1.82, 2.24) is 14.9 Å². The minimum absolute atomic E-state index is 0.00693. The largest absolute Gasteiger partial charge is 0.368 e. The number of anilines is 2. The van der Waals surface area contributed by atoms with Crippen LogP contribution in [0.5, 0.6) is 0 Å². The standard InChI is InChI=1S/C11H14ClN5O2/c1-5(2)17-9(18)3-6(10(17)19)14-8-4-7(12)15-11(13)16-8/h4-6H,3H2,1-2H3,(H3,13,14,15,16). The monoisotopic (exact) mass is 283 g/mol. The van der Waals surface area contributed by atoms with E-state index in [2.05, 4.69) is 15.3 Å². The van der Waals surface area contributed by atoms with E-state index in [-0.39, 0.29) is 35.4 Å². The van der Waals surface area contributed by atoms with Crippen molar-refractivity contribution in [3.8, 4) is 0 Å². The first kappa shape index (κ1) is 13.5. The summed E-state index contributed by atoms with van der Waals surface area (Å²) >= 11 is 5.75. The first-order valence-corrected chi connectivity index (χ1v) is 6.18. The third kappa shape index (κ3) is 2.76. The van der Waals surface area contributed by atoms with Gasteiger partial charge in [0.05, 0.1) is 6.42 Å². The normalized spacial score (nSPS) is 19.4. The van der Waals surface area contributed by atoms with Crippen molar-refractivity contribution < 1.29 is 9.59 Å². The van der Waals surface area contributed by atoms with Gasteiger partial charge in [-0.3, -0.25) is 14.5 Å². The molecule has 102 valence electrons. The summed E-state index contributed by atoms with van der Waals surface area (Å²) in [4.78, 5) is 32.7. The van der Waals surface area contributed by atoms with Crippen molar-refractivity contribution >= 4 is 35.2 Å². The number of nitrogens with one attached hydrogen (secondary N) is 1. The number of halogens is 1. The molecule has 1 saturated heterocycles. The lowest BCUT2D eigenvalue weighted by atomic mass is 10.2. The molecular formula is C11H14ClN5O2. The second kappa shape index (κ2) is 5.00. The molecule has 0 saturated carbocycles. The number of nitrogens with two attached hydrogens (primary N) is 1. The van der Waals surface area contributed by atoms with Crippen LogP contribution < -0.4 is 11.1 Å². The quantitative estimate of drug-likeness (QED) is 0.624. The van der Waals surface area contributed by atoms with Gasteiger partial charge >= 0.3 is 0 Å². The van der Waals surface area contributed by atoms with Gasteiger partial charge in [0.15, 0.2) is 0 Å². The molecular weight excluding hydrogens is 270 g/mol. The lowest BCUT2D eigenvalue weighted by Crippen LogP contribution is -2.39. The maximum Gasteiger partial charge on any atom is 0.252 e. The molecule has 1 atom stereocenters. The summed E-state index contributed by atoms with van der Waals surface area (Å²) in [6, 6.07) is 0.652. The van der Waals surface area contributed by atoms with E-state index in [9.17, 15) is 9.59 Å². The summed E-state index contributed by atoms with van der Waals surface area (Å²) < 4.78 is 0. The highest BCUT2D eigenvalue weighted by molar-refractivity contribution is 6.29. The van der Waals surface area contributed by atoms with Crippen molar-refractivity contribution in [3.05, 3.63) is 11.2 Å². The van der Waals surface area contributed by atoms with Gasteiger partial charge in [-0.15, -0.1) is 0 Å². The van der Waals surface area contributed by atoms with E-state index in [0.717, 1.165) is 0 Å². The molecule has 0 aliphatic carbocycles. The Balaban J connectivity index is 2.16. The second-order valence-electron chi connectivity index (χ2n) is 4.53. The minimum atomic E-state index is -0.639. The van der Waals surface area contributed by atoms with E-state index >= 15 is 0 Å². The van der Waals surface area contributed by atoms with E-state index < -0.39 is 6.04 Å². The number of carbonyl (C=O) groups excluding carboxylic acids is 2. The van der Waals surface area contributed by atoms with E-state index in [1.165, 1.54) is 11.0 Å². The van der Waals surface area contributed by atoms with Gasteiger partial charge in [-0.1, -0.05) is 11.6 Å². The van der Waals surface area contributed by atoms with Gasteiger partial charge in [-0.05, 0) is 13.8 Å². The fourth-order valence-electron chi connectivity index (χ4n) is 1.99. The number of likely N-dealkylation sites (tertiary alicyclic amines) is 1. The Hall–Kier alpha value is -1.89. The first-order valence-electron chi connectivity index (χ1n) is 5.81. The summed E-state index contributed by atoms with van der Waals surface area (Å²) in [6.07, 6.45) is 0.0958. The number of carbonyl (C=O) groups is 2. The molecule has 0 spiro atoms. The number of nitrogens with zero attached hydrogens (tertiary/aromatic N) is 3. The maximum absolute atomic E-state index is 12.1. The molecule has 1 aromatic rings. The number of rotatable bonds is 3. The molecule has 1 unspecified atom stereocenters. The molecule has 0 radical (unpaired) electrons. The molecule has 2 heterocycles. The molecule has 0 aromatic carbocycles. The van der Waals surface area contributed by atoms with E-state index in [0.29, 0.717) is 5.82 Å². The number of hydrogen-bond donors (Lipinski definition) is 2. The number of aromatic nitrogens is 2. The van der Waals surface area contributed by atoms with Crippen molar-refractivity contribution in [2.75, 3.05) is 11.1 Å². The zero-order chi connectivity index (χ0) is 14.2. The number of hydrogen-bond acceptors (Lipinski definition) is 6. The van der Waals surface area contributed by atoms with Gasteiger partial charge in [0, 0.05) is 12.1 Å². The van der Waals surface area contributed by atoms with E-state index in [4.69, 9.17) is 17.3 Å². The van der Waals surface area contributed by atoms with Crippen LogP contribution >= 0.6 is 11.6 Å². The molecule has 7 nitrogen and oxygen atoms in total. The summed E-state index contributed by atoms with van der Waals surface area (Å²) in [5.41, 5.74) is 5.46. The second-order valence-corrected chi connectivity index (χ2v) is 4.92. The Labute approximate surface area is 115 Å². The van der Waals surface area contributed by atoms with Crippen LogP contribution in [0.3, 0.4) is 0 Å². The summed E-state index contributed by atoms with van der Waals surface area (Å²) in [5.74, 6) is -0.138. The number of amides is 2. The molecule has 1 aromatic heterocycles. The molecule has 1 fully saturated rings. The van der Waals surface area contributed by atoms with Crippen LogP contribution in [-0.2, 0) is 9.59 Å². The summed E-state index contributed by atoms with van der Waals surface area (Å²) in [6.45, 7) is 3.58. The Morgan fingerprint density at radius 3 is 2.68 bits per heavy atom. The van der Waals surface area contributed by atoms with Crippen LogP contribution in [-0.4, -0.2) is 38.8 Å². The van der Waals surface area contributed by atoms with Crippen molar-refractivity contribution in [2.24, 2.45) is 0 Å². The lowest BCUT2D eigenvalue weighted by Gasteiger charge is -2.19. The molecule has 2 amide bonds. The molecule has 19 heavy (non-hydrogen) atoms. The molecule has 8 heteroatoms. The average Bonchev–Trinajstić information content (AvgIpc) is 2.52. The molecule has 0 bridgehead atoms. The van der Waals surface area contributed by atoms with Crippen LogP contribution in [0.1, 0.15) is 20.3 Å². The SMILES string of the molecule is CC(C)N1C(=O)CC(Nc2cc(Cl)nc(N)n2)C1=O. The maximum atomic E-state index is 12.1. The van der Waals surface area contributed by atoms with Crippen molar-refractivity contribution in [2.45, 2.75) is 32.4 Å². The summed E-state index contributed by atoms with van der Waals surface area (Å²) in [7, 11) is 0. The van der Waals surface area contributed by atoms with Gasteiger partial charge < -0.3 is 11.1 Å². The van der Waals surface area contributed by atoms with Gasteiger partial charge in [0.1, 0.15) is 17.0 Å². The zero-order valence-electron chi connectivity index (χ0n) is 10.6. The predicted molar refractivity (Wildman–Crippen MR) is 70.5 cm³/mol. The number of imide groups is 1. The van der Waals surface area contributed by atoms with Crippen LogP contribution in [0.4, 0.5) is 11.8 Å². The van der Waals surface area contributed by atoms with Gasteiger partial charge in [0.25, 0.3) is 5.91 Å². The smallest absolute Gasteiger partial charge is 0.252 e. The Morgan fingerprint density at radius 1 is 1.47 bits per heavy atom.